The number of hydrogen-bond acceptors (Lipinski definition) is 2. The van der Waals surface area contributed by atoms with Crippen molar-refractivity contribution in [3.8, 4) is 0 Å². The van der Waals surface area contributed by atoms with Crippen LogP contribution in [-0.4, -0.2) is 10.8 Å². The van der Waals surface area contributed by atoms with Gasteiger partial charge >= 0.3 is 0 Å². The van der Waals surface area contributed by atoms with Gasteiger partial charge in [-0.3, -0.25) is 5.43 Å². The van der Waals surface area contributed by atoms with E-state index in [2.05, 4.69) is 42.7 Å². The molecular weight excluding hydrogens is 170 g/mol. The Kier molecular flexibility index (Phi) is 2.81. The molecule has 1 aliphatic carbocycles. The average Bonchev–Trinajstić information content (AvgIpc) is 2.26. The zero-order valence-corrected chi connectivity index (χ0v) is 8.11. The first kappa shape index (κ1) is 9.19. The summed E-state index contributed by atoms with van der Waals surface area (Å²) in [6.07, 6.45) is 3.15. The van der Waals surface area contributed by atoms with Crippen LogP contribution in [0.3, 0.4) is 0 Å². The zero-order chi connectivity index (χ0) is 9.14. The molecule has 3 N–H and O–H groups in total. The van der Waals surface area contributed by atoms with Crippen molar-refractivity contribution < 1.29 is 0 Å². The molecule has 0 spiro atoms. The van der Waals surface area contributed by atoms with Gasteiger partial charge in [0.1, 0.15) is 0 Å². The third kappa shape index (κ3) is 2.30. The van der Waals surface area contributed by atoms with Crippen LogP contribution in [0.15, 0.2) is 16.8 Å². The van der Waals surface area contributed by atoms with E-state index in [1.165, 1.54) is 5.57 Å². The Morgan fingerprint density at radius 3 is 2.92 bits per heavy atom. The van der Waals surface area contributed by atoms with Crippen LogP contribution < -0.4 is 11.2 Å². The third-order valence-electron chi connectivity index (χ3n) is 1.82. The SMILES string of the molecule is CC1=C/C(=N/NC(N)=S)[C@@H](C)C1. The fourth-order valence-electron chi connectivity index (χ4n) is 1.30. The summed E-state index contributed by atoms with van der Waals surface area (Å²) in [5.41, 5.74) is 10.2. The summed E-state index contributed by atoms with van der Waals surface area (Å²) in [5.74, 6) is 0.479. The van der Waals surface area contributed by atoms with E-state index in [0.29, 0.717) is 5.92 Å². The Labute approximate surface area is 77.7 Å². The van der Waals surface area contributed by atoms with Crippen LogP contribution in [0.25, 0.3) is 0 Å². The summed E-state index contributed by atoms with van der Waals surface area (Å²) in [5, 5.41) is 4.29. The predicted molar refractivity (Wildman–Crippen MR) is 54.9 cm³/mol. The van der Waals surface area contributed by atoms with Gasteiger partial charge in [0.05, 0.1) is 5.71 Å². The van der Waals surface area contributed by atoms with E-state index in [1.807, 2.05) is 0 Å². The van der Waals surface area contributed by atoms with Gasteiger partial charge in [0, 0.05) is 5.92 Å². The molecule has 1 rings (SSSR count). The number of nitrogens with two attached hydrogens (primary N) is 1. The second-order valence-corrected chi connectivity index (χ2v) is 3.55. The van der Waals surface area contributed by atoms with Crippen LogP contribution in [0.1, 0.15) is 20.3 Å². The van der Waals surface area contributed by atoms with Crippen LogP contribution in [0.2, 0.25) is 0 Å². The van der Waals surface area contributed by atoms with Gasteiger partial charge in [-0.1, -0.05) is 12.5 Å². The molecule has 0 saturated heterocycles. The fourth-order valence-corrected chi connectivity index (χ4v) is 1.35. The first-order valence-corrected chi connectivity index (χ1v) is 4.30. The largest absolute Gasteiger partial charge is 0.375 e. The molecule has 0 fully saturated rings. The van der Waals surface area contributed by atoms with Gasteiger partial charge in [-0.2, -0.15) is 5.10 Å². The summed E-state index contributed by atoms with van der Waals surface area (Å²) in [4.78, 5) is 0. The van der Waals surface area contributed by atoms with Crippen molar-refractivity contribution in [3.05, 3.63) is 11.6 Å². The van der Waals surface area contributed by atoms with Gasteiger partial charge in [0.25, 0.3) is 0 Å². The van der Waals surface area contributed by atoms with Crippen molar-refractivity contribution in [3.63, 3.8) is 0 Å². The minimum Gasteiger partial charge on any atom is -0.375 e. The topological polar surface area (TPSA) is 50.4 Å². The summed E-state index contributed by atoms with van der Waals surface area (Å²) < 4.78 is 0. The molecule has 3 nitrogen and oxygen atoms in total. The molecule has 0 radical (unpaired) electrons. The number of thiocarbonyl (C=S) groups is 1. The van der Waals surface area contributed by atoms with Crippen LogP contribution in [0.5, 0.6) is 0 Å². The highest BCUT2D eigenvalue weighted by atomic mass is 32.1. The normalized spacial score (nSPS) is 25.7. The fraction of sp³-hybridized carbons (Fsp3) is 0.500. The quantitative estimate of drug-likeness (QED) is 0.474. The number of nitrogens with one attached hydrogen (secondary N) is 1. The first-order chi connectivity index (χ1) is 5.59. The highest BCUT2D eigenvalue weighted by Crippen LogP contribution is 2.21. The summed E-state index contributed by atoms with van der Waals surface area (Å²) in [6.45, 7) is 4.23. The second kappa shape index (κ2) is 3.67. The zero-order valence-electron chi connectivity index (χ0n) is 7.29. The lowest BCUT2D eigenvalue weighted by Gasteiger charge is -2.02. The molecule has 1 atom stereocenters. The maximum absolute atomic E-state index is 5.24. The van der Waals surface area contributed by atoms with Crippen molar-refractivity contribution in [2.24, 2.45) is 16.8 Å². The molecule has 0 unspecified atom stereocenters. The molecule has 0 aliphatic heterocycles. The smallest absolute Gasteiger partial charge is 0.184 e. The predicted octanol–water partition coefficient (Wildman–Crippen LogP) is 1.16. The summed E-state index contributed by atoms with van der Waals surface area (Å²) >= 11 is 4.64. The van der Waals surface area contributed by atoms with E-state index in [4.69, 9.17) is 5.73 Å². The molecule has 66 valence electrons. The number of allylic oxidation sites excluding steroid dienone is 2. The molecule has 0 saturated carbocycles. The van der Waals surface area contributed by atoms with Crippen molar-refractivity contribution >= 4 is 23.0 Å². The molecule has 12 heavy (non-hydrogen) atoms. The lowest BCUT2D eigenvalue weighted by molar-refractivity contribution is 0.779. The molecule has 0 amide bonds. The number of hydrazone groups is 1. The van der Waals surface area contributed by atoms with E-state index >= 15 is 0 Å². The van der Waals surface area contributed by atoms with E-state index in [1.54, 1.807) is 0 Å². The van der Waals surface area contributed by atoms with Gasteiger partial charge in [-0.15, -0.1) is 0 Å². The van der Waals surface area contributed by atoms with Crippen LogP contribution >= 0.6 is 12.2 Å². The van der Waals surface area contributed by atoms with Crippen molar-refractivity contribution in [2.45, 2.75) is 20.3 Å². The van der Waals surface area contributed by atoms with Gasteiger partial charge in [-0.25, -0.2) is 0 Å². The molecule has 1 aliphatic rings. The van der Waals surface area contributed by atoms with Crippen molar-refractivity contribution in [2.75, 3.05) is 0 Å². The number of rotatable bonds is 1. The first-order valence-electron chi connectivity index (χ1n) is 3.90. The number of hydrogen-bond donors (Lipinski definition) is 2. The van der Waals surface area contributed by atoms with E-state index in [9.17, 15) is 0 Å². The lowest BCUT2D eigenvalue weighted by Crippen LogP contribution is -2.25. The van der Waals surface area contributed by atoms with Crippen molar-refractivity contribution in [1.82, 2.24) is 5.43 Å². The van der Waals surface area contributed by atoms with Crippen LogP contribution in [-0.2, 0) is 0 Å². The summed E-state index contributed by atoms with van der Waals surface area (Å²) in [6, 6.07) is 0. The molecule has 0 aromatic rings. The van der Waals surface area contributed by atoms with Gasteiger partial charge < -0.3 is 5.73 Å². The van der Waals surface area contributed by atoms with Gasteiger partial charge in [0.15, 0.2) is 5.11 Å². The molecule has 4 heteroatoms. The second-order valence-electron chi connectivity index (χ2n) is 3.11. The summed E-state index contributed by atoms with van der Waals surface area (Å²) in [7, 11) is 0. The monoisotopic (exact) mass is 183 g/mol. The maximum atomic E-state index is 5.24. The maximum Gasteiger partial charge on any atom is 0.184 e. The molecule has 0 aromatic carbocycles. The number of nitrogens with zero attached hydrogens (tertiary/aromatic N) is 1. The molecule has 0 heterocycles. The van der Waals surface area contributed by atoms with Crippen LogP contribution in [0.4, 0.5) is 0 Å². The minimum atomic E-state index is 0.215. The standard InChI is InChI=1S/C8H13N3S/c1-5-3-6(2)7(4-5)10-11-8(9)12/h4,6H,3H2,1-2H3,(H3,9,11,12)/b10-7-/t6-/m0/s1. The Morgan fingerprint density at radius 1 is 1.83 bits per heavy atom. The van der Waals surface area contributed by atoms with E-state index in [-0.39, 0.29) is 5.11 Å². The Morgan fingerprint density at radius 2 is 2.50 bits per heavy atom. The Balaban J connectivity index is 2.62. The molecular formula is C8H13N3S. The third-order valence-corrected chi connectivity index (χ3v) is 1.91. The van der Waals surface area contributed by atoms with Crippen LogP contribution in [0, 0.1) is 5.92 Å². The van der Waals surface area contributed by atoms with E-state index < -0.39 is 0 Å². The van der Waals surface area contributed by atoms with Gasteiger partial charge in [-0.05, 0) is 31.6 Å². The Bertz CT molecular complexity index is 255. The highest BCUT2D eigenvalue weighted by molar-refractivity contribution is 7.80. The molecule has 0 aromatic heterocycles. The molecule has 0 bridgehead atoms. The Hall–Kier alpha value is -0.900. The lowest BCUT2D eigenvalue weighted by atomic mass is 10.1. The van der Waals surface area contributed by atoms with Gasteiger partial charge in [0.2, 0.25) is 0 Å². The highest BCUT2D eigenvalue weighted by Gasteiger charge is 2.16. The minimum absolute atomic E-state index is 0.215. The van der Waals surface area contributed by atoms with E-state index in [0.717, 1.165) is 12.1 Å². The van der Waals surface area contributed by atoms with Crippen molar-refractivity contribution in [1.29, 1.82) is 0 Å². The average molecular weight is 183 g/mol.